The van der Waals surface area contributed by atoms with E-state index in [2.05, 4.69) is 5.32 Å². The SMILES string of the molecule is CCC(C)[C@H](N)C(=O)NC1C=CS(=O)(=O)C1. The summed E-state index contributed by atoms with van der Waals surface area (Å²) in [5.41, 5.74) is 5.73. The molecule has 1 aliphatic heterocycles. The predicted molar refractivity (Wildman–Crippen MR) is 62.3 cm³/mol. The highest BCUT2D eigenvalue weighted by atomic mass is 32.2. The van der Waals surface area contributed by atoms with Crippen LogP contribution in [0.1, 0.15) is 20.3 Å². The third-order valence-electron chi connectivity index (χ3n) is 2.82. The van der Waals surface area contributed by atoms with Crippen LogP contribution in [0.4, 0.5) is 0 Å². The molecule has 92 valence electrons. The fourth-order valence-electron chi connectivity index (χ4n) is 1.46. The molecule has 5 nitrogen and oxygen atoms in total. The van der Waals surface area contributed by atoms with Crippen LogP contribution >= 0.6 is 0 Å². The fraction of sp³-hybridized carbons (Fsp3) is 0.700. The van der Waals surface area contributed by atoms with Crippen LogP contribution < -0.4 is 11.1 Å². The molecule has 2 unspecified atom stereocenters. The van der Waals surface area contributed by atoms with Crippen LogP contribution in [-0.2, 0) is 14.6 Å². The number of carbonyl (C=O) groups is 1. The summed E-state index contributed by atoms with van der Waals surface area (Å²) in [7, 11) is -3.13. The second-order valence-electron chi connectivity index (χ2n) is 4.18. The Morgan fingerprint density at radius 2 is 2.25 bits per heavy atom. The molecule has 3 N–H and O–H groups in total. The molecule has 0 bridgehead atoms. The Balaban J connectivity index is 2.51. The van der Waals surface area contributed by atoms with Crippen LogP contribution in [0.15, 0.2) is 11.5 Å². The van der Waals surface area contributed by atoms with Gasteiger partial charge in [0.1, 0.15) is 0 Å². The molecule has 3 atom stereocenters. The number of sulfone groups is 1. The van der Waals surface area contributed by atoms with Gasteiger partial charge in [0.2, 0.25) is 5.91 Å². The van der Waals surface area contributed by atoms with Crippen molar-refractivity contribution >= 4 is 15.7 Å². The summed E-state index contributed by atoms with van der Waals surface area (Å²) < 4.78 is 22.2. The van der Waals surface area contributed by atoms with Crippen molar-refractivity contribution < 1.29 is 13.2 Å². The van der Waals surface area contributed by atoms with Gasteiger partial charge >= 0.3 is 0 Å². The van der Waals surface area contributed by atoms with Crippen molar-refractivity contribution in [1.29, 1.82) is 0 Å². The maximum atomic E-state index is 11.6. The first-order chi connectivity index (χ1) is 7.35. The molecular weight excluding hydrogens is 228 g/mol. The van der Waals surface area contributed by atoms with E-state index in [0.29, 0.717) is 0 Å². The monoisotopic (exact) mass is 246 g/mol. The average Bonchev–Trinajstić information content (AvgIpc) is 2.55. The Kier molecular flexibility index (Phi) is 4.09. The van der Waals surface area contributed by atoms with E-state index in [4.69, 9.17) is 5.73 Å². The molecule has 1 heterocycles. The van der Waals surface area contributed by atoms with Gasteiger partial charge in [-0.15, -0.1) is 0 Å². The molecule has 0 aromatic rings. The smallest absolute Gasteiger partial charge is 0.237 e. The van der Waals surface area contributed by atoms with Crippen molar-refractivity contribution in [2.75, 3.05) is 5.75 Å². The quantitative estimate of drug-likeness (QED) is 0.718. The molecule has 0 spiro atoms. The zero-order valence-electron chi connectivity index (χ0n) is 9.51. The van der Waals surface area contributed by atoms with Crippen molar-refractivity contribution in [2.45, 2.75) is 32.4 Å². The summed E-state index contributed by atoms with van der Waals surface area (Å²) in [6.45, 7) is 3.85. The minimum absolute atomic E-state index is 0.0635. The Morgan fingerprint density at radius 1 is 1.62 bits per heavy atom. The predicted octanol–water partition coefficient (Wildman–Crippen LogP) is -0.213. The molecule has 0 saturated carbocycles. The topological polar surface area (TPSA) is 89.3 Å². The second-order valence-corrected chi connectivity index (χ2v) is 6.12. The Labute approximate surface area is 96.0 Å². The first-order valence-electron chi connectivity index (χ1n) is 5.32. The summed E-state index contributed by atoms with van der Waals surface area (Å²) in [6.07, 6.45) is 2.30. The normalized spacial score (nSPS) is 26.3. The first kappa shape index (κ1) is 13.2. The summed E-state index contributed by atoms with van der Waals surface area (Å²) in [4.78, 5) is 11.6. The minimum atomic E-state index is -3.13. The highest BCUT2D eigenvalue weighted by Gasteiger charge is 2.26. The molecule has 0 saturated heterocycles. The molecule has 1 rings (SSSR count). The van der Waals surface area contributed by atoms with Gasteiger partial charge in [-0.1, -0.05) is 20.3 Å². The lowest BCUT2D eigenvalue weighted by Gasteiger charge is -2.19. The van der Waals surface area contributed by atoms with E-state index < -0.39 is 21.9 Å². The first-order valence-corrected chi connectivity index (χ1v) is 7.04. The zero-order chi connectivity index (χ0) is 12.3. The van der Waals surface area contributed by atoms with Gasteiger partial charge in [-0.2, -0.15) is 0 Å². The van der Waals surface area contributed by atoms with Crippen LogP contribution in [0.25, 0.3) is 0 Å². The third kappa shape index (κ3) is 3.31. The van der Waals surface area contributed by atoms with Crippen molar-refractivity contribution in [3.63, 3.8) is 0 Å². The van der Waals surface area contributed by atoms with Crippen molar-refractivity contribution in [1.82, 2.24) is 5.32 Å². The van der Waals surface area contributed by atoms with E-state index in [-0.39, 0.29) is 17.6 Å². The van der Waals surface area contributed by atoms with E-state index in [1.165, 1.54) is 6.08 Å². The third-order valence-corrected chi connectivity index (χ3v) is 4.21. The Morgan fingerprint density at radius 3 is 2.69 bits per heavy atom. The average molecular weight is 246 g/mol. The van der Waals surface area contributed by atoms with Gasteiger partial charge in [-0.25, -0.2) is 8.42 Å². The van der Waals surface area contributed by atoms with Gasteiger partial charge in [0.15, 0.2) is 9.84 Å². The lowest BCUT2D eigenvalue weighted by atomic mass is 9.99. The second kappa shape index (κ2) is 4.97. The van der Waals surface area contributed by atoms with Gasteiger partial charge in [-0.05, 0) is 12.0 Å². The van der Waals surface area contributed by atoms with E-state index in [1.807, 2.05) is 13.8 Å². The van der Waals surface area contributed by atoms with Gasteiger partial charge in [-0.3, -0.25) is 4.79 Å². The number of rotatable bonds is 4. The molecular formula is C10H18N2O3S. The molecule has 1 aliphatic rings. The molecule has 0 aromatic heterocycles. The van der Waals surface area contributed by atoms with Crippen molar-refractivity contribution in [3.05, 3.63) is 11.5 Å². The van der Waals surface area contributed by atoms with E-state index in [9.17, 15) is 13.2 Å². The number of amides is 1. The van der Waals surface area contributed by atoms with Crippen molar-refractivity contribution in [3.8, 4) is 0 Å². The molecule has 6 heteroatoms. The van der Waals surface area contributed by atoms with Crippen molar-refractivity contribution in [2.24, 2.45) is 11.7 Å². The lowest BCUT2D eigenvalue weighted by Crippen LogP contribution is -2.48. The van der Waals surface area contributed by atoms with Gasteiger partial charge in [0, 0.05) is 5.41 Å². The van der Waals surface area contributed by atoms with Gasteiger partial charge < -0.3 is 11.1 Å². The molecule has 0 fully saturated rings. The Bertz CT molecular complexity index is 389. The summed E-state index contributed by atoms with van der Waals surface area (Å²) in [6, 6.07) is -1.02. The largest absolute Gasteiger partial charge is 0.347 e. The zero-order valence-corrected chi connectivity index (χ0v) is 10.3. The maximum absolute atomic E-state index is 11.6. The van der Waals surface area contributed by atoms with E-state index in [1.54, 1.807) is 0 Å². The number of carbonyl (C=O) groups excluding carboxylic acids is 1. The van der Waals surface area contributed by atoms with Crippen LogP contribution in [0.5, 0.6) is 0 Å². The molecule has 16 heavy (non-hydrogen) atoms. The molecule has 0 radical (unpaired) electrons. The molecule has 0 aliphatic carbocycles. The van der Waals surface area contributed by atoms with Crippen LogP contribution in [0, 0.1) is 5.92 Å². The highest BCUT2D eigenvalue weighted by Crippen LogP contribution is 2.10. The van der Waals surface area contributed by atoms with E-state index in [0.717, 1.165) is 11.8 Å². The lowest BCUT2D eigenvalue weighted by molar-refractivity contribution is -0.123. The van der Waals surface area contributed by atoms with E-state index >= 15 is 0 Å². The number of hydrogen-bond donors (Lipinski definition) is 2. The number of nitrogens with two attached hydrogens (primary N) is 1. The molecule has 0 aromatic carbocycles. The van der Waals surface area contributed by atoms with Crippen LogP contribution in [0.3, 0.4) is 0 Å². The number of hydrogen-bond acceptors (Lipinski definition) is 4. The molecule has 1 amide bonds. The van der Waals surface area contributed by atoms with Gasteiger partial charge in [0.25, 0.3) is 0 Å². The number of nitrogens with one attached hydrogen (secondary N) is 1. The maximum Gasteiger partial charge on any atom is 0.237 e. The summed E-state index contributed by atoms with van der Waals surface area (Å²) >= 11 is 0. The standard InChI is InChI=1S/C10H18N2O3S/c1-3-7(2)9(11)10(13)12-8-4-5-16(14,15)6-8/h4-5,7-9H,3,6,11H2,1-2H3,(H,12,13)/t7?,8?,9-/m0/s1. The summed E-state index contributed by atoms with van der Waals surface area (Å²) in [5.74, 6) is -0.269. The minimum Gasteiger partial charge on any atom is -0.347 e. The van der Waals surface area contributed by atoms with Gasteiger partial charge in [0.05, 0.1) is 17.8 Å². The highest BCUT2D eigenvalue weighted by molar-refractivity contribution is 7.94. The Hall–Kier alpha value is -0.880. The van der Waals surface area contributed by atoms with Crippen LogP contribution in [-0.4, -0.2) is 32.2 Å². The van der Waals surface area contributed by atoms with Crippen LogP contribution in [0.2, 0.25) is 0 Å². The fourth-order valence-corrected chi connectivity index (χ4v) is 2.69. The summed E-state index contributed by atoms with van der Waals surface area (Å²) in [5, 5.41) is 3.75.